The Morgan fingerprint density at radius 1 is 1.03 bits per heavy atom. The molecular weight excluding hydrogens is 412 g/mol. The number of amides is 2. The average Bonchev–Trinajstić information content (AvgIpc) is 3.17. The van der Waals surface area contributed by atoms with Crippen LogP contribution in [0.4, 0.5) is 0 Å². The maximum atomic E-state index is 12.9. The number of carbonyl (C=O) groups excluding carboxylic acids is 2. The smallest absolute Gasteiger partial charge is 0.264 e. The van der Waals surface area contributed by atoms with Gasteiger partial charge in [-0.25, -0.2) is 4.99 Å². The Morgan fingerprint density at radius 3 is 2.41 bits per heavy atom. The maximum absolute atomic E-state index is 12.9. The number of rotatable bonds is 7. The molecule has 1 aliphatic rings. The standard InChI is InChI=1S/C23H22N4O5/c1-30-11-10-25-23(29)17(13-24)20-15-6-4-5-7-16(15)21(26-20)27-22(28)14-8-9-18(31-2)19(12-14)32-3/h4-9,12H,10-11H2,1-3H3,(H,25,29)(H,26,27,28). The van der Waals surface area contributed by atoms with Crippen molar-refractivity contribution in [3.05, 3.63) is 64.7 Å². The van der Waals surface area contributed by atoms with Crippen molar-refractivity contribution in [2.75, 3.05) is 34.5 Å². The summed E-state index contributed by atoms with van der Waals surface area (Å²) in [6.45, 7) is 0.564. The summed E-state index contributed by atoms with van der Waals surface area (Å²) in [7, 11) is 4.50. The monoisotopic (exact) mass is 434 g/mol. The first-order valence-corrected chi connectivity index (χ1v) is 9.67. The molecule has 0 spiro atoms. The zero-order chi connectivity index (χ0) is 23.1. The van der Waals surface area contributed by atoms with Gasteiger partial charge in [0.25, 0.3) is 11.8 Å². The van der Waals surface area contributed by atoms with Crippen LogP contribution in [-0.4, -0.2) is 52.1 Å². The van der Waals surface area contributed by atoms with Crippen molar-refractivity contribution in [2.45, 2.75) is 0 Å². The zero-order valence-electron chi connectivity index (χ0n) is 17.9. The molecule has 9 nitrogen and oxygen atoms in total. The fourth-order valence-electron chi connectivity index (χ4n) is 3.14. The van der Waals surface area contributed by atoms with Gasteiger partial charge in [0.15, 0.2) is 11.5 Å². The molecule has 9 heteroatoms. The number of methoxy groups -OCH3 is 3. The number of ether oxygens (including phenoxy) is 3. The van der Waals surface area contributed by atoms with E-state index in [1.807, 2.05) is 6.07 Å². The molecule has 1 heterocycles. The minimum Gasteiger partial charge on any atom is -0.493 e. The maximum Gasteiger partial charge on any atom is 0.264 e. The Morgan fingerprint density at radius 2 is 1.75 bits per heavy atom. The van der Waals surface area contributed by atoms with E-state index in [-0.39, 0.29) is 23.7 Å². The number of nitrogens with zero attached hydrogens (tertiary/aromatic N) is 2. The number of nitriles is 1. The van der Waals surface area contributed by atoms with Crippen molar-refractivity contribution in [1.82, 2.24) is 10.6 Å². The van der Waals surface area contributed by atoms with Crippen LogP contribution >= 0.6 is 0 Å². The summed E-state index contributed by atoms with van der Waals surface area (Å²) in [5.74, 6) is 0.159. The van der Waals surface area contributed by atoms with Gasteiger partial charge < -0.3 is 24.8 Å². The molecule has 0 aliphatic carbocycles. The van der Waals surface area contributed by atoms with Gasteiger partial charge in [0.05, 0.1) is 26.5 Å². The van der Waals surface area contributed by atoms with Crippen LogP contribution in [0.5, 0.6) is 11.5 Å². The minimum absolute atomic E-state index is 0.149. The number of aliphatic imine (C=N–C) groups is 1. The van der Waals surface area contributed by atoms with Gasteiger partial charge in [-0.1, -0.05) is 24.3 Å². The molecule has 0 radical (unpaired) electrons. The lowest BCUT2D eigenvalue weighted by Crippen LogP contribution is -2.30. The van der Waals surface area contributed by atoms with Crippen molar-refractivity contribution in [2.24, 2.45) is 4.99 Å². The Labute approximate surface area is 185 Å². The molecule has 0 bridgehead atoms. The van der Waals surface area contributed by atoms with Crippen LogP contribution in [0.2, 0.25) is 0 Å². The van der Waals surface area contributed by atoms with Crippen molar-refractivity contribution >= 4 is 23.3 Å². The van der Waals surface area contributed by atoms with Crippen molar-refractivity contribution in [3.63, 3.8) is 0 Å². The molecule has 32 heavy (non-hydrogen) atoms. The Hall–Kier alpha value is -4.16. The molecule has 2 aromatic rings. The fourth-order valence-corrected chi connectivity index (χ4v) is 3.14. The topological polar surface area (TPSA) is 122 Å². The summed E-state index contributed by atoms with van der Waals surface area (Å²) in [5.41, 5.74) is 1.56. The zero-order valence-corrected chi connectivity index (χ0v) is 17.9. The molecule has 1 aliphatic heterocycles. The van der Waals surface area contributed by atoms with E-state index in [1.54, 1.807) is 42.5 Å². The first-order chi connectivity index (χ1) is 15.5. The number of benzene rings is 2. The van der Waals surface area contributed by atoms with Gasteiger partial charge in [-0.05, 0) is 18.2 Å². The molecule has 0 unspecified atom stereocenters. The molecule has 0 saturated carbocycles. The Balaban J connectivity index is 1.94. The first-order valence-electron chi connectivity index (χ1n) is 9.67. The van der Waals surface area contributed by atoms with Crippen LogP contribution in [0.15, 0.2) is 53.0 Å². The normalized spacial score (nSPS) is 13.4. The molecule has 0 aromatic heterocycles. The average molecular weight is 434 g/mol. The highest BCUT2D eigenvalue weighted by molar-refractivity contribution is 6.20. The second kappa shape index (κ2) is 10.2. The van der Waals surface area contributed by atoms with E-state index in [0.29, 0.717) is 34.8 Å². The van der Waals surface area contributed by atoms with Gasteiger partial charge in [0.1, 0.15) is 17.5 Å². The van der Waals surface area contributed by atoms with Gasteiger partial charge in [-0.2, -0.15) is 5.26 Å². The van der Waals surface area contributed by atoms with E-state index in [1.165, 1.54) is 21.3 Å². The predicted octanol–water partition coefficient (Wildman–Crippen LogP) is 1.89. The predicted molar refractivity (Wildman–Crippen MR) is 117 cm³/mol. The van der Waals surface area contributed by atoms with Gasteiger partial charge >= 0.3 is 0 Å². The molecule has 2 N–H and O–H groups in total. The van der Waals surface area contributed by atoms with Crippen LogP contribution in [0, 0.1) is 11.3 Å². The first kappa shape index (κ1) is 22.5. The third kappa shape index (κ3) is 4.61. The third-order valence-electron chi connectivity index (χ3n) is 4.71. The Bertz CT molecular complexity index is 1150. The van der Waals surface area contributed by atoms with E-state index < -0.39 is 11.8 Å². The second-order valence-electron chi connectivity index (χ2n) is 6.61. The molecule has 164 valence electrons. The minimum atomic E-state index is -0.564. The van der Waals surface area contributed by atoms with Crippen LogP contribution in [0.25, 0.3) is 5.70 Å². The Kier molecular flexibility index (Phi) is 7.21. The van der Waals surface area contributed by atoms with Crippen molar-refractivity contribution < 1.29 is 23.8 Å². The summed E-state index contributed by atoms with van der Waals surface area (Å²) in [4.78, 5) is 29.8. The van der Waals surface area contributed by atoms with Gasteiger partial charge in [0.2, 0.25) is 0 Å². The number of hydrogen-bond acceptors (Lipinski definition) is 7. The van der Waals surface area contributed by atoms with E-state index in [4.69, 9.17) is 14.2 Å². The van der Waals surface area contributed by atoms with E-state index in [9.17, 15) is 14.9 Å². The summed E-state index contributed by atoms with van der Waals surface area (Å²) >= 11 is 0. The van der Waals surface area contributed by atoms with Crippen molar-refractivity contribution in [1.29, 1.82) is 5.26 Å². The lowest BCUT2D eigenvalue weighted by molar-refractivity contribution is -0.117. The van der Waals surface area contributed by atoms with Crippen LogP contribution in [0.1, 0.15) is 21.5 Å². The quantitative estimate of drug-likeness (QED) is 0.390. The van der Waals surface area contributed by atoms with E-state index in [0.717, 1.165) is 0 Å². The number of amidine groups is 1. The third-order valence-corrected chi connectivity index (χ3v) is 4.71. The molecule has 2 amide bonds. The summed E-state index contributed by atoms with van der Waals surface area (Å²) in [5, 5.41) is 15.0. The van der Waals surface area contributed by atoms with Crippen LogP contribution < -0.4 is 20.1 Å². The lowest BCUT2D eigenvalue weighted by Gasteiger charge is -2.10. The molecule has 0 fully saturated rings. The SMILES string of the molecule is COCCNC(=O)C(C#N)=C1N=C(NC(=O)c2ccc(OC)c(OC)c2)c2ccccc21. The van der Waals surface area contributed by atoms with Crippen LogP contribution in [0.3, 0.4) is 0 Å². The van der Waals surface area contributed by atoms with E-state index in [2.05, 4.69) is 15.6 Å². The van der Waals surface area contributed by atoms with Crippen LogP contribution in [-0.2, 0) is 9.53 Å². The highest BCUT2D eigenvalue weighted by Crippen LogP contribution is 2.31. The molecule has 0 saturated heterocycles. The van der Waals surface area contributed by atoms with Crippen molar-refractivity contribution in [3.8, 4) is 17.6 Å². The summed E-state index contributed by atoms with van der Waals surface area (Å²) in [6, 6.07) is 13.7. The molecular formula is C23H22N4O5. The van der Waals surface area contributed by atoms with Gasteiger partial charge in [0, 0.05) is 30.3 Å². The second-order valence-corrected chi connectivity index (χ2v) is 6.61. The molecule has 3 rings (SSSR count). The summed E-state index contributed by atoms with van der Waals surface area (Å²) < 4.78 is 15.4. The highest BCUT2D eigenvalue weighted by Gasteiger charge is 2.27. The molecule has 2 aromatic carbocycles. The largest absolute Gasteiger partial charge is 0.493 e. The van der Waals surface area contributed by atoms with E-state index >= 15 is 0 Å². The number of fused-ring (bicyclic) bond motifs is 1. The summed E-state index contributed by atoms with van der Waals surface area (Å²) in [6.07, 6.45) is 0. The number of hydrogen-bond donors (Lipinski definition) is 2. The van der Waals surface area contributed by atoms with Gasteiger partial charge in [-0.15, -0.1) is 0 Å². The lowest BCUT2D eigenvalue weighted by atomic mass is 10.0. The molecule has 0 atom stereocenters. The highest BCUT2D eigenvalue weighted by atomic mass is 16.5. The number of nitrogens with one attached hydrogen (secondary N) is 2. The number of carbonyl (C=O) groups is 2. The fraction of sp³-hybridized carbons (Fsp3) is 0.217. The van der Waals surface area contributed by atoms with Gasteiger partial charge in [-0.3, -0.25) is 9.59 Å².